The van der Waals surface area contributed by atoms with Crippen LogP contribution in [0, 0.1) is 0 Å². The Hall–Kier alpha value is -0.540. The smallest absolute Gasteiger partial charge is 0.0534 e. The summed E-state index contributed by atoms with van der Waals surface area (Å²) in [6.07, 6.45) is 6.01. The first kappa shape index (κ1) is 12.5. The zero-order valence-electron chi connectivity index (χ0n) is 9.76. The molecule has 15 heavy (non-hydrogen) atoms. The van der Waals surface area contributed by atoms with Gasteiger partial charge in [0, 0.05) is 36.8 Å². The monoisotopic (exact) mass is 229 g/mol. The fraction of sp³-hybridized carbons (Fsp3) is 0.727. The highest BCUT2D eigenvalue weighted by Gasteiger charge is 2.23. The Morgan fingerprint density at radius 3 is 2.53 bits per heavy atom. The highest BCUT2D eigenvalue weighted by Crippen LogP contribution is 2.17. The molecule has 0 aliphatic heterocycles. The summed E-state index contributed by atoms with van der Waals surface area (Å²) >= 11 is 6.01. The maximum absolute atomic E-state index is 6.01. The number of alkyl halides is 1. The lowest BCUT2D eigenvalue weighted by Gasteiger charge is -2.30. The molecule has 0 aliphatic rings. The number of hydrogen-bond donors (Lipinski definition) is 1. The van der Waals surface area contributed by atoms with Gasteiger partial charge in [0.25, 0.3) is 0 Å². The van der Waals surface area contributed by atoms with E-state index in [2.05, 4.69) is 24.3 Å². The van der Waals surface area contributed by atoms with E-state index >= 15 is 0 Å². The van der Waals surface area contributed by atoms with Crippen molar-refractivity contribution < 1.29 is 0 Å². The van der Waals surface area contributed by atoms with Gasteiger partial charge in [0.05, 0.1) is 6.20 Å². The molecule has 0 atom stereocenters. The molecule has 1 N–H and O–H groups in total. The van der Waals surface area contributed by atoms with E-state index < -0.39 is 0 Å². The molecule has 3 nitrogen and oxygen atoms in total. The topological polar surface area (TPSA) is 29.9 Å². The molecule has 86 valence electrons. The zero-order valence-corrected chi connectivity index (χ0v) is 10.5. The van der Waals surface area contributed by atoms with Crippen LogP contribution >= 0.6 is 11.6 Å². The Balaban J connectivity index is 2.54. The molecule has 1 aromatic heterocycles. The summed E-state index contributed by atoms with van der Waals surface area (Å²) in [5.41, 5.74) is 1.27. The Labute approximate surface area is 96.8 Å². The van der Waals surface area contributed by atoms with Crippen LogP contribution in [0.5, 0.6) is 0 Å². The molecule has 0 radical (unpaired) electrons. The molecule has 0 bridgehead atoms. The number of nitrogens with zero attached hydrogens (tertiary/aromatic N) is 2. The predicted octanol–water partition coefficient (Wildman–Crippen LogP) is 2.31. The fourth-order valence-corrected chi connectivity index (χ4v) is 2.06. The Kier molecular flexibility index (Phi) is 4.61. The summed E-state index contributed by atoms with van der Waals surface area (Å²) in [5, 5.41) is 7.67. The molecule has 1 aromatic rings. The van der Waals surface area contributed by atoms with Gasteiger partial charge in [-0.25, -0.2) is 0 Å². The predicted molar refractivity (Wildman–Crippen MR) is 64.1 cm³/mol. The maximum Gasteiger partial charge on any atom is 0.0534 e. The highest BCUT2D eigenvalue weighted by atomic mass is 35.5. The van der Waals surface area contributed by atoms with Gasteiger partial charge in [0.2, 0.25) is 0 Å². The molecule has 0 spiro atoms. The van der Waals surface area contributed by atoms with Crippen molar-refractivity contribution in [2.45, 2.75) is 38.8 Å². The quantitative estimate of drug-likeness (QED) is 0.759. The third-order valence-corrected chi connectivity index (χ3v) is 3.55. The minimum absolute atomic E-state index is 0.0669. The molecule has 0 saturated heterocycles. The molecule has 0 aliphatic carbocycles. The first-order valence-corrected chi connectivity index (χ1v) is 5.97. The number of halogens is 1. The maximum atomic E-state index is 6.01. The first-order chi connectivity index (χ1) is 7.15. The third kappa shape index (κ3) is 3.21. The highest BCUT2D eigenvalue weighted by molar-refractivity contribution is 6.18. The molecule has 0 unspecified atom stereocenters. The lowest BCUT2D eigenvalue weighted by molar-refractivity contribution is 0.334. The molecule has 0 saturated carbocycles. The van der Waals surface area contributed by atoms with Gasteiger partial charge < -0.3 is 5.32 Å². The average molecular weight is 230 g/mol. The Morgan fingerprint density at radius 2 is 2.13 bits per heavy atom. The summed E-state index contributed by atoms with van der Waals surface area (Å²) in [7, 11) is 1.93. The van der Waals surface area contributed by atoms with Crippen LogP contribution in [0.3, 0.4) is 0 Å². The minimum atomic E-state index is 0.0669. The molecular weight excluding hydrogens is 210 g/mol. The second kappa shape index (κ2) is 5.52. The van der Waals surface area contributed by atoms with Crippen molar-refractivity contribution in [2.24, 2.45) is 7.05 Å². The van der Waals surface area contributed by atoms with Crippen LogP contribution in [-0.4, -0.2) is 21.2 Å². The van der Waals surface area contributed by atoms with E-state index in [-0.39, 0.29) is 5.54 Å². The van der Waals surface area contributed by atoms with Crippen LogP contribution in [-0.2, 0) is 13.6 Å². The third-order valence-electron chi connectivity index (χ3n) is 3.04. The Morgan fingerprint density at radius 1 is 1.47 bits per heavy atom. The van der Waals surface area contributed by atoms with E-state index in [0.29, 0.717) is 5.88 Å². The van der Waals surface area contributed by atoms with E-state index in [1.54, 1.807) is 0 Å². The number of aryl methyl sites for hydroxylation is 1. The number of rotatable bonds is 6. The van der Waals surface area contributed by atoms with Crippen molar-refractivity contribution in [1.82, 2.24) is 15.1 Å². The molecule has 4 heteroatoms. The van der Waals surface area contributed by atoms with Crippen LogP contribution < -0.4 is 5.32 Å². The minimum Gasteiger partial charge on any atom is -0.306 e. The lowest BCUT2D eigenvalue weighted by Crippen LogP contribution is -2.45. The normalized spacial score (nSPS) is 12.0. The number of hydrogen-bond acceptors (Lipinski definition) is 2. The van der Waals surface area contributed by atoms with Crippen LogP contribution in [0.15, 0.2) is 12.4 Å². The molecule has 1 rings (SSSR count). The summed E-state index contributed by atoms with van der Waals surface area (Å²) in [6.45, 7) is 5.17. The SMILES string of the molecule is CCC(CC)(CCl)NCc1cnn(C)c1. The van der Waals surface area contributed by atoms with Crippen molar-refractivity contribution in [3.8, 4) is 0 Å². The van der Waals surface area contributed by atoms with Crippen LogP contribution in [0.25, 0.3) is 0 Å². The van der Waals surface area contributed by atoms with Gasteiger partial charge in [0.1, 0.15) is 0 Å². The summed E-state index contributed by atoms with van der Waals surface area (Å²) in [5.74, 6) is 0.653. The van der Waals surface area contributed by atoms with Crippen LogP contribution in [0.2, 0.25) is 0 Å². The van der Waals surface area contributed by atoms with Gasteiger partial charge in [-0.3, -0.25) is 4.68 Å². The summed E-state index contributed by atoms with van der Waals surface area (Å²) < 4.78 is 1.82. The van der Waals surface area contributed by atoms with E-state index in [9.17, 15) is 0 Å². The largest absolute Gasteiger partial charge is 0.306 e. The fourth-order valence-electron chi connectivity index (χ4n) is 1.59. The molecule has 1 heterocycles. The Bertz CT molecular complexity index is 284. The van der Waals surface area contributed by atoms with E-state index in [4.69, 9.17) is 11.6 Å². The van der Waals surface area contributed by atoms with Crippen LogP contribution in [0.4, 0.5) is 0 Å². The standard InChI is InChI=1S/C11H20ClN3/c1-4-11(5-2,9-12)13-6-10-7-14-15(3)8-10/h7-8,13H,4-6,9H2,1-3H3. The molecule has 0 fully saturated rings. The van der Waals surface area contributed by atoms with E-state index in [1.807, 2.05) is 24.1 Å². The molecular formula is C11H20ClN3. The second-order valence-corrected chi connectivity index (χ2v) is 4.26. The van der Waals surface area contributed by atoms with Gasteiger partial charge in [-0.05, 0) is 12.8 Å². The van der Waals surface area contributed by atoms with Gasteiger partial charge >= 0.3 is 0 Å². The average Bonchev–Trinajstić information content (AvgIpc) is 2.67. The summed E-state index contributed by atoms with van der Waals surface area (Å²) in [4.78, 5) is 0. The van der Waals surface area contributed by atoms with Gasteiger partial charge in [-0.1, -0.05) is 13.8 Å². The lowest BCUT2D eigenvalue weighted by atomic mass is 9.95. The second-order valence-electron chi connectivity index (χ2n) is 4.00. The molecule has 0 amide bonds. The number of nitrogens with one attached hydrogen (secondary N) is 1. The van der Waals surface area contributed by atoms with E-state index in [1.165, 1.54) is 5.56 Å². The van der Waals surface area contributed by atoms with Crippen molar-refractivity contribution in [3.63, 3.8) is 0 Å². The van der Waals surface area contributed by atoms with Crippen molar-refractivity contribution >= 4 is 11.6 Å². The van der Waals surface area contributed by atoms with Gasteiger partial charge in [0.15, 0.2) is 0 Å². The van der Waals surface area contributed by atoms with Crippen molar-refractivity contribution in [1.29, 1.82) is 0 Å². The zero-order chi connectivity index (χ0) is 11.3. The number of aromatic nitrogens is 2. The van der Waals surface area contributed by atoms with Gasteiger partial charge in [-0.2, -0.15) is 5.10 Å². The molecule has 0 aromatic carbocycles. The van der Waals surface area contributed by atoms with Crippen molar-refractivity contribution in [2.75, 3.05) is 5.88 Å². The summed E-state index contributed by atoms with van der Waals surface area (Å²) in [6, 6.07) is 0. The van der Waals surface area contributed by atoms with E-state index in [0.717, 1.165) is 19.4 Å². The first-order valence-electron chi connectivity index (χ1n) is 5.44. The van der Waals surface area contributed by atoms with Crippen LogP contribution in [0.1, 0.15) is 32.3 Å². The van der Waals surface area contributed by atoms with Crippen molar-refractivity contribution in [3.05, 3.63) is 18.0 Å². The van der Waals surface area contributed by atoms with Gasteiger partial charge in [-0.15, -0.1) is 11.6 Å².